The molecule has 0 aliphatic heterocycles. The summed E-state index contributed by atoms with van der Waals surface area (Å²) in [4.78, 5) is 25.6. The second kappa shape index (κ2) is 6.87. The first-order valence-electron chi connectivity index (χ1n) is 7.90. The molecule has 1 aromatic carbocycles. The number of halogens is 2. The lowest BCUT2D eigenvalue weighted by molar-refractivity contribution is 0.397. The molecule has 0 atom stereocenters. The summed E-state index contributed by atoms with van der Waals surface area (Å²) in [5.74, 6) is -3.06. The number of aromatic nitrogens is 2. The van der Waals surface area contributed by atoms with Crippen LogP contribution >= 0.6 is 11.3 Å². The van der Waals surface area contributed by atoms with E-state index >= 15 is 0 Å². The lowest BCUT2D eigenvalue weighted by atomic mass is 10.1. The minimum Gasteiger partial charge on any atom is -0.503 e. The van der Waals surface area contributed by atoms with Crippen LogP contribution in [0.5, 0.6) is 5.75 Å². The van der Waals surface area contributed by atoms with Crippen LogP contribution in [-0.2, 0) is 13.1 Å². The lowest BCUT2D eigenvalue weighted by Crippen LogP contribution is -2.40. The second-order valence-electron chi connectivity index (χ2n) is 5.80. The summed E-state index contributed by atoms with van der Waals surface area (Å²) in [6.45, 7) is 3.86. The van der Waals surface area contributed by atoms with Crippen molar-refractivity contribution < 1.29 is 13.9 Å². The van der Waals surface area contributed by atoms with Gasteiger partial charge in [0.2, 0.25) is 0 Å². The van der Waals surface area contributed by atoms with Gasteiger partial charge in [-0.1, -0.05) is 0 Å². The van der Waals surface area contributed by atoms with E-state index < -0.39 is 23.1 Å². The molecule has 2 aromatic heterocycles. The van der Waals surface area contributed by atoms with Crippen molar-refractivity contribution in [3.05, 3.63) is 73.4 Å². The monoisotopic (exact) mass is 378 g/mol. The quantitative estimate of drug-likeness (QED) is 0.759. The summed E-state index contributed by atoms with van der Waals surface area (Å²) >= 11 is 1.22. The largest absolute Gasteiger partial charge is 0.503 e. The Hall–Kier alpha value is -2.74. The first kappa shape index (κ1) is 18.1. The van der Waals surface area contributed by atoms with E-state index in [9.17, 15) is 23.5 Å². The van der Waals surface area contributed by atoms with Gasteiger partial charge in [0.15, 0.2) is 17.4 Å². The molecule has 0 spiro atoms. The van der Waals surface area contributed by atoms with Gasteiger partial charge in [0.1, 0.15) is 0 Å². The molecular weight excluding hydrogens is 362 g/mol. The summed E-state index contributed by atoms with van der Waals surface area (Å²) in [5.41, 5.74) is -0.187. The maximum absolute atomic E-state index is 14.1. The zero-order valence-electron chi connectivity index (χ0n) is 14.1. The second-order valence-corrected chi connectivity index (χ2v) is 6.96. The maximum atomic E-state index is 14.1. The standard InChI is InChI=1S/C18H16F2N2O3S/c1-3-22-17(24)10(2)8-21(18(22)25)9-11-4-7-14(26-11)12-5-6-13(19)16(23)15(12)20/h4-8,23H,3,9H2,1-2H3. The Bertz CT molecular complexity index is 1100. The van der Waals surface area contributed by atoms with E-state index in [0.717, 1.165) is 15.5 Å². The summed E-state index contributed by atoms with van der Waals surface area (Å²) in [6, 6.07) is 5.62. The normalized spacial score (nSPS) is 11.1. The van der Waals surface area contributed by atoms with Crippen LogP contribution in [0.25, 0.3) is 10.4 Å². The van der Waals surface area contributed by atoms with Gasteiger partial charge >= 0.3 is 5.69 Å². The third-order valence-electron chi connectivity index (χ3n) is 4.05. The third-order valence-corrected chi connectivity index (χ3v) is 5.15. The Kier molecular flexibility index (Phi) is 4.78. The maximum Gasteiger partial charge on any atom is 0.331 e. The van der Waals surface area contributed by atoms with E-state index in [4.69, 9.17) is 0 Å². The van der Waals surface area contributed by atoms with Crippen molar-refractivity contribution in [3.63, 3.8) is 0 Å². The van der Waals surface area contributed by atoms with E-state index in [-0.39, 0.29) is 24.2 Å². The fourth-order valence-electron chi connectivity index (χ4n) is 2.70. The van der Waals surface area contributed by atoms with Crippen molar-refractivity contribution in [2.75, 3.05) is 0 Å². The number of thiophene rings is 1. The van der Waals surface area contributed by atoms with Gasteiger partial charge in [0.05, 0.1) is 6.54 Å². The van der Waals surface area contributed by atoms with Gasteiger partial charge in [-0.15, -0.1) is 11.3 Å². The fourth-order valence-corrected chi connectivity index (χ4v) is 3.72. The Labute approximate surface area is 151 Å². The molecule has 5 nitrogen and oxygen atoms in total. The van der Waals surface area contributed by atoms with Gasteiger partial charge in [-0.3, -0.25) is 13.9 Å². The molecule has 0 bridgehead atoms. The number of hydrogen-bond acceptors (Lipinski definition) is 4. The van der Waals surface area contributed by atoms with E-state index in [0.29, 0.717) is 10.4 Å². The number of rotatable bonds is 4. The average Bonchev–Trinajstić information content (AvgIpc) is 3.06. The van der Waals surface area contributed by atoms with Crippen LogP contribution in [0.15, 0.2) is 40.1 Å². The summed E-state index contributed by atoms with van der Waals surface area (Å²) in [6.07, 6.45) is 1.50. The molecule has 0 fully saturated rings. The minimum atomic E-state index is -1.02. The highest BCUT2D eigenvalue weighted by molar-refractivity contribution is 7.15. The van der Waals surface area contributed by atoms with Crippen LogP contribution in [-0.4, -0.2) is 14.2 Å². The molecule has 3 rings (SSSR count). The highest BCUT2D eigenvalue weighted by atomic mass is 32.1. The summed E-state index contributed by atoms with van der Waals surface area (Å²) in [7, 11) is 0. The molecule has 0 unspecified atom stereocenters. The van der Waals surface area contributed by atoms with Crippen molar-refractivity contribution in [2.45, 2.75) is 26.9 Å². The van der Waals surface area contributed by atoms with Crippen molar-refractivity contribution in [3.8, 4) is 16.2 Å². The topological polar surface area (TPSA) is 64.2 Å². The number of hydrogen-bond donors (Lipinski definition) is 1. The van der Waals surface area contributed by atoms with Gasteiger partial charge in [0.25, 0.3) is 5.56 Å². The van der Waals surface area contributed by atoms with Crippen molar-refractivity contribution in [2.24, 2.45) is 0 Å². The van der Waals surface area contributed by atoms with Crippen LogP contribution in [0.2, 0.25) is 0 Å². The predicted octanol–water partition coefficient (Wildman–Crippen LogP) is 3.10. The molecule has 0 aliphatic carbocycles. The first-order chi connectivity index (χ1) is 12.3. The Balaban J connectivity index is 1.98. The Morgan fingerprint density at radius 2 is 1.88 bits per heavy atom. The van der Waals surface area contributed by atoms with Crippen LogP contribution < -0.4 is 11.2 Å². The molecule has 0 saturated heterocycles. The zero-order chi connectivity index (χ0) is 19.0. The van der Waals surface area contributed by atoms with Gasteiger partial charge in [-0.05, 0) is 38.1 Å². The average molecular weight is 378 g/mol. The number of nitrogens with zero attached hydrogens (tertiary/aromatic N) is 2. The van der Waals surface area contributed by atoms with E-state index in [1.54, 1.807) is 26.0 Å². The molecule has 1 N–H and O–H groups in total. The molecule has 0 radical (unpaired) electrons. The SMILES string of the molecule is CCn1c(=O)c(C)cn(Cc2ccc(-c3ccc(F)c(O)c3F)s2)c1=O. The number of phenolic OH excluding ortho intramolecular Hbond substituents is 1. The van der Waals surface area contributed by atoms with Crippen LogP contribution in [0.1, 0.15) is 17.4 Å². The first-order valence-corrected chi connectivity index (χ1v) is 8.72. The van der Waals surface area contributed by atoms with E-state index in [1.807, 2.05) is 0 Å². The van der Waals surface area contributed by atoms with Crippen LogP contribution in [0.4, 0.5) is 8.78 Å². The Morgan fingerprint density at radius 1 is 1.15 bits per heavy atom. The Morgan fingerprint density at radius 3 is 2.58 bits per heavy atom. The predicted molar refractivity (Wildman–Crippen MR) is 95.8 cm³/mol. The highest BCUT2D eigenvalue weighted by Gasteiger charge is 2.16. The lowest BCUT2D eigenvalue weighted by Gasteiger charge is -2.09. The van der Waals surface area contributed by atoms with Gasteiger partial charge in [-0.2, -0.15) is 0 Å². The molecule has 0 amide bonds. The highest BCUT2D eigenvalue weighted by Crippen LogP contribution is 2.34. The number of aryl methyl sites for hydroxylation is 1. The molecule has 3 aromatic rings. The third kappa shape index (κ3) is 3.08. The molecule has 8 heteroatoms. The molecular formula is C18H16F2N2O3S. The van der Waals surface area contributed by atoms with Crippen LogP contribution in [0, 0.1) is 18.6 Å². The van der Waals surface area contributed by atoms with Crippen molar-refractivity contribution in [1.29, 1.82) is 0 Å². The number of aromatic hydroxyl groups is 1. The van der Waals surface area contributed by atoms with Gasteiger partial charge in [0, 0.05) is 33.6 Å². The van der Waals surface area contributed by atoms with E-state index in [2.05, 4.69) is 0 Å². The molecule has 0 saturated carbocycles. The fraction of sp³-hybridized carbons (Fsp3) is 0.222. The number of phenols is 1. The minimum absolute atomic E-state index is 0.0854. The molecule has 2 heterocycles. The molecule has 0 aliphatic rings. The van der Waals surface area contributed by atoms with Crippen molar-refractivity contribution in [1.82, 2.24) is 9.13 Å². The number of benzene rings is 1. The van der Waals surface area contributed by atoms with Gasteiger partial charge < -0.3 is 5.11 Å². The summed E-state index contributed by atoms with van der Waals surface area (Å²) in [5, 5.41) is 9.42. The van der Waals surface area contributed by atoms with Crippen molar-refractivity contribution >= 4 is 11.3 Å². The smallest absolute Gasteiger partial charge is 0.331 e. The zero-order valence-corrected chi connectivity index (χ0v) is 14.9. The molecule has 26 heavy (non-hydrogen) atoms. The van der Waals surface area contributed by atoms with Crippen LogP contribution in [0.3, 0.4) is 0 Å². The van der Waals surface area contributed by atoms with Gasteiger partial charge in [-0.25, -0.2) is 13.6 Å². The summed E-state index contributed by atoms with van der Waals surface area (Å²) < 4.78 is 29.8. The molecule has 136 valence electrons. The van der Waals surface area contributed by atoms with E-state index in [1.165, 1.54) is 28.2 Å².